The van der Waals surface area contributed by atoms with E-state index in [1.54, 1.807) is 11.4 Å². The van der Waals surface area contributed by atoms with Crippen molar-refractivity contribution in [2.45, 2.75) is 57.6 Å². The number of sulfonamides is 1. The molecule has 0 bridgehead atoms. The molecule has 0 aromatic rings. The highest BCUT2D eigenvalue weighted by Gasteiger charge is 2.36. The lowest BCUT2D eigenvalue weighted by atomic mass is 9.81. The van der Waals surface area contributed by atoms with Gasteiger partial charge in [0.1, 0.15) is 0 Å². The van der Waals surface area contributed by atoms with E-state index in [0.29, 0.717) is 19.0 Å². The van der Waals surface area contributed by atoms with Crippen LogP contribution in [0.1, 0.15) is 46.0 Å². The van der Waals surface area contributed by atoms with Crippen LogP contribution in [-0.4, -0.2) is 50.8 Å². The Balaban J connectivity index is 2.68. The van der Waals surface area contributed by atoms with Crippen molar-refractivity contribution in [2.75, 3.05) is 26.5 Å². The van der Waals surface area contributed by atoms with Crippen LogP contribution < -0.4 is 5.73 Å². The molecule has 120 valence electrons. The molecule has 0 aromatic heterocycles. The van der Waals surface area contributed by atoms with E-state index in [-0.39, 0.29) is 11.6 Å². The molecule has 1 heterocycles. The minimum Gasteiger partial charge on any atom is -0.377 e. The van der Waals surface area contributed by atoms with Crippen LogP contribution in [0.3, 0.4) is 0 Å². The Labute approximate surface area is 123 Å². The Kier molecular flexibility index (Phi) is 6.44. The van der Waals surface area contributed by atoms with Gasteiger partial charge in [-0.15, -0.1) is 0 Å². The second kappa shape index (κ2) is 7.20. The Morgan fingerprint density at radius 2 is 2.00 bits per heavy atom. The standard InChI is InChI=1S/C14H30N2O3S/c1-5-14(6-2,19-3)13(15)10-12-8-7-9-16(11-12)20(4,17)18/h12-13H,5-11,15H2,1-4H3. The second-order valence-electron chi connectivity index (χ2n) is 5.95. The summed E-state index contributed by atoms with van der Waals surface area (Å²) in [6, 6.07) is -0.0491. The van der Waals surface area contributed by atoms with Gasteiger partial charge in [0, 0.05) is 26.2 Å². The average Bonchev–Trinajstić information content (AvgIpc) is 2.41. The van der Waals surface area contributed by atoms with Crippen molar-refractivity contribution in [3.05, 3.63) is 0 Å². The van der Waals surface area contributed by atoms with Crippen LogP contribution in [0.5, 0.6) is 0 Å². The number of nitrogens with zero attached hydrogens (tertiary/aromatic N) is 1. The van der Waals surface area contributed by atoms with Gasteiger partial charge in [-0.1, -0.05) is 13.8 Å². The van der Waals surface area contributed by atoms with Gasteiger partial charge in [-0.3, -0.25) is 0 Å². The largest absolute Gasteiger partial charge is 0.377 e. The first-order chi connectivity index (χ1) is 9.29. The molecular weight excluding hydrogens is 276 g/mol. The molecule has 1 aliphatic rings. The molecule has 5 nitrogen and oxygen atoms in total. The highest BCUT2D eigenvalue weighted by molar-refractivity contribution is 7.88. The summed E-state index contributed by atoms with van der Waals surface area (Å²) >= 11 is 0. The maximum atomic E-state index is 11.7. The van der Waals surface area contributed by atoms with Gasteiger partial charge in [-0.05, 0) is 38.0 Å². The molecule has 2 atom stereocenters. The maximum Gasteiger partial charge on any atom is 0.211 e. The number of hydrogen-bond acceptors (Lipinski definition) is 4. The number of ether oxygens (including phenoxy) is 1. The lowest BCUT2D eigenvalue weighted by molar-refractivity contribution is -0.0441. The van der Waals surface area contributed by atoms with E-state index in [9.17, 15) is 8.42 Å². The van der Waals surface area contributed by atoms with Crippen LogP contribution in [0.15, 0.2) is 0 Å². The van der Waals surface area contributed by atoms with Crippen molar-refractivity contribution < 1.29 is 13.2 Å². The minimum atomic E-state index is -3.09. The smallest absolute Gasteiger partial charge is 0.211 e. The van der Waals surface area contributed by atoms with E-state index in [0.717, 1.165) is 32.1 Å². The Morgan fingerprint density at radius 1 is 1.40 bits per heavy atom. The first kappa shape index (κ1) is 17.9. The van der Waals surface area contributed by atoms with Crippen LogP contribution in [-0.2, 0) is 14.8 Å². The molecule has 2 N–H and O–H groups in total. The quantitative estimate of drug-likeness (QED) is 0.775. The van der Waals surface area contributed by atoms with Gasteiger partial charge in [0.25, 0.3) is 0 Å². The lowest BCUT2D eigenvalue weighted by Gasteiger charge is -2.39. The molecule has 1 fully saturated rings. The predicted octanol–water partition coefficient (Wildman–Crippen LogP) is 1.58. The van der Waals surface area contributed by atoms with Crippen molar-refractivity contribution in [3.63, 3.8) is 0 Å². The van der Waals surface area contributed by atoms with Gasteiger partial charge in [0.05, 0.1) is 11.9 Å². The molecule has 2 unspecified atom stereocenters. The highest BCUT2D eigenvalue weighted by atomic mass is 32.2. The normalized spacial score (nSPS) is 23.8. The van der Waals surface area contributed by atoms with Crippen LogP contribution in [0.4, 0.5) is 0 Å². The molecule has 1 rings (SSSR count). The monoisotopic (exact) mass is 306 g/mol. The van der Waals surface area contributed by atoms with Crippen molar-refractivity contribution >= 4 is 10.0 Å². The van der Waals surface area contributed by atoms with E-state index < -0.39 is 10.0 Å². The van der Waals surface area contributed by atoms with Gasteiger partial charge in [0.2, 0.25) is 10.0 Å². The zero-order chi connectivity index (χ0) is 15.4. The summed E-state index contributed by atoms with van der Waals surface area (Å²) in [6.07, 6.45) is 5.83. The number of rotatable bonds is 7. The van der Waals surface area contributed by atoms with Gasteiger partial charge in [-0.2, -0.15) is 0 Å². The zero-order valence-electron chi connectivity index (χ0n) is 13.3. The van der Waals surface area contributed by atoms with E-state index in [1.807, 2.05) is 0 Å². The molecule has 20 heavy (non-hydrogen) atoms. The summed E-state index contributed by atoms with van der Waals surface area (Å²) in [6.45, 7) is 5.42. The molecule has 0 saturated carbocycles. The molecule has 6 heteroatoms. The molecule has 0 aliphatic carbocycles. The Morgan fingerprint density at radius 3 is 2.45 bits per heavy atom. The first-order valence-corrected chi connectivity index (χ1v) is 9.39. The van der Waals surface area contributed by atoms with Crippen molar-refractivity contribution in [1.82, 2.24) is 4.31 Å². The van der Waals surface area contributed by atoms with Crippen LogP contribution in [0.2, 0.25) is 0 Å². The molecule has 1 saturated heterocycles. The van der Waals surface area contributed by atoms with Crippen molar-refractivity contribution in [3.8, 4) is 0 Å². The number of methoxy groups -OCH3 is 1. The predicted molar refractivity (Wildman–Crippen MR) is 82.1 cm³/mol. The first-order valence-electron chi connectivity index (χ1n) is 7.55. The van der Waals surface area contributed by atoms with Gasteiger partial charge < -0.3 is 10.5 Å². The van der Waals surface area contributed by atoms with Gasteiger partial charge >= 0.3 is 0 Å². The second-order valence-corrected chi connectivity index (χ2v) is 7.93. The van der Waals surface area contributed by atoms with E-state index >= 15 is 0 Å². The molecule has 0 amide bonds. The third-order valence-electron chi connectivity index (χ3n) is 4.82. The summed E-state index contributed by atoms with van der Waals surface area (Å²) in [4.78, 5) is 0. The minimum absolute atomic E-state index is 0.0491. The van der Waals surface area contributed by atoms with Crippen LogP contribution in [0, 0.1) is 5.92 Å². The summed E-state index contributed by atoms with van der Waals surface area (Å²) in [7, 11) is -1.37. The number of piperidine rings is 1. The summed E-state index contributed by atoms with van der Waals surface area (Å²) < 4.78 is 30.6. The third-order valence-corrected chi connectivity index (χ3v) is 6.09. The molecule has 1 aliphatic heterocycles. The van der Waals surface area contributed by atoms with E-state index in [1.165, 1.54) is 6.26 Å². The molecule has 0 spiro atoms. The number of hydrogen-bond donors (Lipinski definition) is 1. The van der Waals surface area contributed by atoms with Crippen LogP contribution in [0.25, 0.3) is 0 Å². The van der Waals surface area contributed by atoms with Crippen molar-refractivity contribution in [1.29, 1.82) is 0 Å². The molecule has 0 aromatic carbocycles. The van der Waals surface area contributed by atoms with Gasteiger partial charge in [-0.25, -0.2) is 12.7 Å². The summed E-state index contributed by atoms with van der Waals surface area (Å²) in [5.41, 5.74) is 6.09. The number of nitrogens with two attached hydrogens (primary N) is 1. The highest BCUT2D eigenvalue weighted by Crippen LogP contribution is 2.30. The summed E-state index contributed by atoms with van der Waals surface area (Å²) in [5, 5.41) is 0. The van der Waals surface area contributed by atoms with Crippen LogP contribution >= 0.6 is 0 Å². The zero-order valence-corrected chi connectivity index (χ0v) is 14.1. The van der Waals surface area contributed by atoms with Crippen molar-refractivity contribution in [2.24, 2.45) is 11.7 Å². The van der Waals surface area contributed by atoms with E-state index in [4.69, 9.17) is 10.5 Å². The topological polar surface area (TPSA) is 72.6 Å². The summed E-state index contributed by atoms with van der Waals surface area (Å²) in [5.74, 6) is 0.334. The van der Waals surface area contributed by atoms with Gasteiger partial charge in [0.15, 0.2) is 0 Å². The molecule has 0 radical (unpaired) electrons. The molecular formula is C14H30N2O3S. The van der Waals surface area contributed by atoms with E-state index in [2.05, 4.69) is 13.8 Å². The lowest BCUT2D eigenvalue weighted by Crippen LogP contribution is -2.51. The Hall–Kier alpha value is -0.170. The average molecular weight is 306 g/mol. The SMILES string of the molecule is CCC(CC)(OC)C(N)CC1CCCN(S(C)(=O)=O)C1. The fourth-order valence-electron chi connectivity index (χ4n) is 3.31. The Bertz CT molecular complexity index is 385. The maximum absolute atomic E-state index is 11.7. The fourth-order valence-corrected chi connectivity index (χ4v) is 4.25. The third kappa shape index (κ3) is 4.16. The fraction of sp³-hybridized carbons (Fsp3) is 1.00.